The number of para-hydroxylation sites is 1. The van der Waals surface area contributed by atoms with E-state index < -0.39 is 0 Å². The zero-order chi connectivity index (χ0) is 12.3. The van der Waals surface area contributed by atoms with E-state index in [2.05, 4.69) is 16.5 Å². The van der Waals surface area contributed by atoms with E-state index in [0.717, 1.165) is 18.1 Å². The molecule has 0 unspecified atom stereocenters. The molecule has 0 N–H and O–H groups in total. The molecule has 90 valence electrons. The lowest BCUT2D eigenvalue weighted by molar-refractivity contribution is 0.295. The van der Waals surface area contributed by atoms with Crippen molar-refractivity contribution in [1.29, 1.82) is 0 Å². The largest absolute Gasteiger partial charge is 0.486 e. The van der Waals surface area contributed by atoms with Crippen LogP contribution in [-0.4, -0.2) is 9.55 Å². The van der Waals surface area contributed by atoms with Crippen molar-refractivity contribution in [3.63, 3.8) is 0 Å². The third-order valence-electron chi connectivity index (χ3n) is 2.67. The van der Waals surface area contributed by atoms with Crippen LogP contribution in [-0.2, 0) is 13.2 Å². The number of aryl methyl sites for hydroxylation is 1. The normalized spacial score (nSPS) is 10.5. The van der Waals surface area contributed by atoms with Crippen LogP contribution < -0.4 is 4.74 Å². The highest BCUT2D eigenvalue weighted by Gasteiger charge is 2.06. The summed E-state index contributed by atoms with van der Waals surface area (Å²) in [6.07, 6.45) is 1.84. The first-order valence-electron chi connectivity index (χ1n) is 5.60. The van der Waals surface area contributed by atoms with E-state index in [1.807, 2.05) is 37.4 Å². The maximum absolute atomic E-state index is 6.02. The van der Waals surface area contributed by atoms with Crippen LogP contribution in [0.1, 0.15) is 18.4 Å². The third kappa shape index (κ3) is 2.61. The first-order chi connectivity index (χ1) is 8.22. The minimum absolute atomic E-state index is 0.485. The van der Waals surface area contributed by atoms with Gasteiger partial charge < -0.3 is 9.30 Å². The second-order valence-electron chi connectivity index (χ2n) is 3.76. The standard InChI is InChI=1S/C13H15ClN2O/c1-3-16-10(2)15-8-11(16)9-17-13-7-5-4-6-12(13)14/h4-8H,3,9H2,1-2H3. The summed E-state index contributed by atoms with van der Waals surface area (Å²) < 4.78 is 7.81. The van der Waals surface area contributed by atoms with Gasteiger partial charge in [0.15, 0.2) is 0 Å². The van der Waals surface area contributed by atoms with Gasteiger partial charge in [-0.1, -0.05) is 23.7 Å². The minimum Gasteiger partial charge on any atom is -0.486 e. The van der Waals surface area contributed by atoms with Gasteiger partial charge in [0.2, 0.25) is 0 Å². The molecule has 0 spiro atoms. The first kappa shape index (κ1) is 12.0. The molecule has 2 aromatic rings. The molecule has 2 rings (SSSR count). The van der Waals surface area contributed by atoms with Crippen molar-refractivity contribution in [2.24, 2.45) is 0 Å². The van der Waals surface area contributed by atoms with Crippen LogP contribution in [0.4, 0.5) is 0 Å². The number of rotatable bonds is 4. The Labute approximate surface area is 106 Å². The van der Waals surface area contributed by atoms with Gasteiger partial charge in [-0.2, -0.15) is 0 Å². The van der Waals surface area contributed by atoms with Gasteiger partial charge in [-0.15, -0.1) is 0 Å². The highest BCUT2D eigenvalue weighted by molar-refractivity contribution is 6.32. The van der Waals surface area contributed by atoms with Gasteiger partial charge in [0.05, 0.1) is 16.9 Å². The molecule has 4 heteroatoms. The van der Waals surface area contributed by atoms with Crippen LogP contribution >= 0.6 is 11.6 Å². The minimum atomic E-state index is 0.485. The Morgan fingerprint density at radius 2 is 2.12 bits per heavy atom. The van der Waals surface area contributed by atoms with Crippen molar-refractivity contribution in [2.45, 2.75) is 27.0 Å². The predicted molar refractivity (Wildman–Crippen MR) is 68.4 cm³/mol. The van der Waals surface area contributed by atoms with Crippen molar-refractivity contribution in [2.75, 3.05) is 0 Å². The summed E-state index contributed by atoms with van der Waals surface area (Å²) in [4.78, 5) is 4.27. The molecule has 0 saturated heterocycles. The molecule has 0 saturated carbocycles. The van der Waals surface area contributed by atoms with E-state index in [0.29, 0.717) is 17.4 Å². The molecule has 17 heavy (non-hydrogen) atoms. The average molecular weight is 251 g/mol. The molecule has 0 aliphatic rings. The summed E-state index contributed by atoms with van der Waals surface area (Å²) in [6.45, 7) is 5.46. The van der Waals surface area contributed by atoms with E-state index in [4.69, 9.17) is 16.3 Å². The number of nitrogens with zero attached hydrogens (tertiary/aromatic N) is 2. The summed E-state index contributed by atoms with van der Waals surface area (Å²) in [5, 5.41) is 0.631. The van der Waals surface area contributed by atoms with E-state index in [9.17, 15) is 0 Å². The van der Waals surface area contributed by atoms with Crippen LogP contribution in [0, 0.1) is 6.92 Å². The van der Waals surface area contributed by atoms with Gasteiger partial charge in [-0.3, -0.25) is 0 Å². The summed E-state index contributed by atoms with van der Waals surface area (Å²) in [6, 6.07) is 7.47. The van der Waals surface area contributed by atoms with E-state index in [1.54, 1.807) is 0 Å². The lowest BCUT2D eigenvalue weighted by Crippen LogP contribution is -2.06. The molecule has 0 amide bonds. The second kappa shape index (κ2) is 5.23. The van der Waals surface area contributed by atoms with Gasteiger partial charge >= 0.3 is 0 Å². The third-order valence-corrected chi connectivity index (χ3v) is 2.98. The molecule has 1 aromatic carbocycles. The number of aromatic nitrogens is 2. The van der Waals surface area contributed by atoms with E-state index in [1.165, 1.54) is 0 Å². The van der Waals surface area contributed by atoms with Gasteiger partial charge in [-0.05, 0) is 26.0 Å². The molecule has 1 heterocycles. The van der Waals surface area contributed by atoms with Crippen molar-refractivity contribution < 1.29 is 4.74 Å². The summed E-state index contributed by atoms with van der Waals surface area (Å²) in [7, 11) is 0. The van der Waals surface area contributed by atoms with Gasteiger partial charge in [0.25, 0.3) is 0 Å². The SMILES string of the molecule is CCn1c(COc2ccccc2Cl)cnc1C. The Hall–Kier alpha value is -1.48. The molecule has 0 aliphatic carbocycles. The second-order valence-corrected chi connectivity index (χ2v) is 4.17. The lowest BCUT2D eigenvalue weighted by atomic mass is 10.3. The van der Waals surface area contributed by atoms with E-state index >= 15 is 0 Å². The molecule has 0 atom stereocenters. The quantitative estimate of drug-likeness (QED) is 0.831. The van der Waals surface area contributed by atoms with Crippen LogP contribution in [0.25, 0.3) is 0 Å². The molecular formula is C13H15ClN2O. The van der Waals surface area contributed by atoms with Crippen LogP contribution in [0.5, 0.6) is 5.75 Å². The fourth-order valence-corrected chi connectivity index (χ4v) is 1.97. The number of halogens is 1. The Bertz CT molecular complexity index is 508. The number of ether oxygens (including phenoxy) is 1. The van der Waals surface area contributed by atoms with Crippen molar-refractivity contribution >= 4 is 11.6 Å². The summed E-state index contributed by atoms with van der Waals surface area (Å²) in [5.41, 5.74) is 1.06. The molecule has 0 fully saturated rings. The maximum Gasteiger partial charge on any atom is 0.138 e. The van der Waals surface area contributed by atoms with Crippen molar-refractivity contribution in [1.82, 2.24) is 9.55 Å². The molecule has 0 aliphatic heterocycles. The fourth-order valence-electron chi connectivity index (χ4n) is 1.78. The van der Waals surface area contributed by atoms with Gasteiger partial charge in [0, 0.05) is 6.54 Å². The Morgan fingerprint density at radius 1 is 1.35 bits per heavy atom. The van der Waals surface area contributed by atoms with Crippen molar-refractivity contribution in [3.8, 4) is 5.75 Å². The molecule has 0 radical (unpaired) electrons. The zero-order valence-corrected chi connectivity index (χ0v) is 10.7. The van der Waals surface area contributed by atoms with Crippen molar-refractivity contribution in [3.05, 3.63) is 47.0 Å². The summed E-state index contributed by atoms with van der Waals surface area (Å²) in [5.74, 6) is 1.71. The number of imidazole rings is 1. The smallest absolute Gasteiger partial charge is 0.138 e. The van der Waals surface area contributed by atoms with Gasteiger partial charge in [-0.25, -0.2) is 4.98 Å². The Morgan fingerprint density at radius 3 is 2.82 bits per heavy atom. The highest BCUT2D eigenvalue weighted by atomic mass is 35.5. The lowest BCUT2D eigenvalue weighted by Gasteiger charge is -2.10. The zero-order valence-electron chi connectivity index (χ0n) is 9.98. The monoisotopic (exact) mass is 250 g/mol. The average Bonchev–Trinajstić information content (AvgIpc) is 2.69. The Balaban J connectivity index is 2.10. The van der Waals surface area contributed by atoms with E-state index in [-0.39, 0.29) is 0 Å². The maximum atomic E-state index is 6.02. The fraction of sp³-hybridized carbons (Fsp3) is 0.308. The van der Waals surface area contributed by atoms with Crippen LogP contribution in [0.2, 0.25) is 5.02 Å². The molecule has 0 bridgehead atoms. The summed E-state index contributed by atoms with van der Waals surface area (Å²) >= 11 is 6.02. The molecular weight excluding hydrogens is 236 g/mol. The Kier molecular flexibility index (Phi) is 3.69. The highest BCUT2D eigenvalue weighted by Crippen LogP contribution is 2.24. The molecule has 1 aromatic heterocycles. The molecule has 3 nitrogen and oxygen atoms in total. The predicted octanol–water partition coefficient (Wildman–Crippen LogP) is 3.44. The van der Waals surface area contributed by atoms with Crippen LogP contribution in [0.15, 0.2) is 30.5 Å². The number of hydrogen-bond acceptors (Lipinski definition) is 2. The number of benzene rings is 1. The number of hydrogen-bond donors (Lipinski definition) is 0. The van der Waals surface area contributed by atoms with Gasteiger partial charge in [0.1, 0.15) is 18.2 Å². The first-order valence-corrected chi connectivity index (χ1v) is 5.98. The topological polar surface area (TPSA) is 27.1 Å². The van der Waals surface area contributed by atoms with Crippen LogP contribution in [0.3, 0.4) is 0 Å².